The topological polar surface area (TPSA) is 66.4 Å². The Morgan fingerprint density at radius 1 is 1.21 bits per heavy atom. The van der Waals surface area contributed by atoms with Crippen LogP contribution in [0, 0.1) is 0 Å². The average molecular weight is 261 g/mol. The minimum atomic E-state index is -0.755. The van der Waals surface area contributed by atoms with Crippen molar-refractivity contribution in [2.45, 2.75) is 38.0 Å². The SMILES string of the molecule is O=C(O)CCCCCNC(=O)C1Cc2ccccc21. The molecular formula is C15H19NO3. The van der Waals surface area contributed by atoms with Gasteiger partial charge >= 0.3 is 5.97 Å². The molecule has 0 spiro atoms. The number of carbonyl (C=O) groups is 2. The lowest BCUT2D eigenvalue weighted by Gasteiger charge is -2.28. The molecule has 1 unspecified atom stereocenters. The summed E-state index contributed by atoms with van der Waals surface area (Å²) in [5.74, 6) is -0.651. The summed E-state index contributed by atoms with van der Waals surface area (Å²) in [6.07, 6.45) is 3.41. The summed E-state index contributed by atoms with van der Waals surface area (Å²) in [6.45, 7) is 0.636. The van der Waals surface area contributed by atoms with Crippen LogP contribution in [-0.2, 0) is 16.0 Å². The fourth-order valence-electron chi connectivity index (χ4n) is 2.41. The quantitative estimate of drug-likeness (QED) is 0.738. The number of unbranched alkanes of at least 4 members (excludes halogenated alkanes) is 2. The number of rotatable bonds is 7. The van der Waals surface area contributed by atoms with Crippen molar-refractivity contribution in [2.75, 3.05) is 6.54 Å². The third kappa shape index (κ3) is 3.56. The van der Waals surface area contributed by atoms with Crippen LogP contribution in [0.15, 0.2) is 24.3 Å². The first-order valence-electron chi connectivity index (χ1n) is 6.76. The number of carboxylic acid groups (broad SMARTS) is 1. The average Bonchev–Trinajstić information content (AvgIpc) is 2.35. The second kappa shape index (κ2) is 6.36. The van der Waals surface area contributed by atoms with Crippen molar-refractivity contribution in [3.8, 4) is 0 Å². The van der Waals surface area contributed by atoms with Crippen LogP contribution in [0.1, 0.15) is 42.7 Å². The van der Waals surface area contributed by atoms with Gasteiger partial charge in [0.15, 0.2) is 0 Å². The van der Waals surface area contributed by atoms with Gasteiger partial charge in [0.1, 0.15) is 0 Å². The maximum Gasteiger partial charge on any atom is 0.303 e. The van der Waals surface area contributed by atoms with Gasteiger partial charge in [0.2, 0.25) is 5.91 Å². The van der Waals surface area contributed by atoms with Crippen LogP contribution in [0.2, 0.25) is 0 Å². The normalized spacial score (nSPS) is 16.3. The van der Waals surface area contributed by atoms with Crippen molar-refractivity contribution >= 4 is 11.9 Å². The molecule has 102 valence electrons. The molecule has 0 saturated carbocycles. The Balaban J connectivity index is 1.63. The number of carbonyl (C=O) groups excluding carboxylic acids is 1. The molecule has 0 radical (unpaired) electrons. The van der Waals surface area contributed by atoms with Crippen LogP contribution in [0.25, 0.3) is 0 Å². The van der Waals surface area contributed by atoms with E-state index in [1.807, 2.05) is 18.2 Å². The highest BCUT2D eigenvalue weighted by atomic mass is 16.4. The van der Waals surface area contributed by atoms with Crippen LogP contribution >= 0.6 is 0 Å². The molecule has 1 atom stereocenters. The molecule has 1 aliphatic rings. The zero-order valence-corrected chi connectivity index (χ0v) is 10.9. The Hall–Kier alpha value is -1.84. The number of aliphatic carboxylic acids is 1. The van der Waals surface area contributed by atoms with Gasteiger partial charge in [-0.2, -0.15) is 0 Å². The van der Waals surface area contributed by atoms with Gasteiger partial charge in [-0.1, -0.05) is 30.7 Å². The molecule has 4 heteroatoms. The zero-order valence-electron chi connectivity index (χ0n) is 10.9. The van der Waals surface area contributed by atoms with Gasteiger partial charge in [0, 0.05) is 13.0 Å². The summed E-state index contributed by atoms with van der Waals surface area (Å²) in [5, 5.41) is 11.4. The van der Waals surface area contributed by atoms with Gasteiger partial charge in [-0.3, -0.25) is 9.59 Å². The first-order valence-corrected chi connectivity index (χ1v) is 6.76. The Morgan fingerprint density at radius 3 is 2.74 bits per heavy atom. The van der Waals surface area contributed by atoms with Crippen molar-refractivity contribution in [1.29, 1.82) is 0 Å². The maximum absolute atomic E-state index is 11.9. The summed E-state index contributed by atoms with van der Waals surface area (Å²) in [7, 11) is 0. The van der Waals surface area contributed by atoms with Gasteiger partial charge in [0.25, 0.3) is 0 Å². The van der Waals surface area contributed by atoms with E-state index < -0.39 is 5.97 Å². The van der Waals surface area contributed by atoms with E-state index in [1.165, 1.54) is 5.56 Å². The molecule has 0 saturated heterocycles. The third-order valence-corrected chi connectivity index (χ3v) is 3.54. The molecule has 1 aromatic rings. The predicted molar refractivity (Wildman–Crippen MR) is 72.0 cm³/mol. The molecule has 1 aliphatic carbocycles. The Bertz CT molecular complexity index is 470. The number of amides is 1. The highest BCUT2D eigenvalue weighted by Crippen LogP contribution is 2.34. The molecule has 1 amide bonds. The maximum atomic E-state index is 11.9. The molecule has 1 aromatic carbocycles. The molecule has 2 N–H and O–H groups in total. The first kappa shape index (κ1) is 13.6. The summed E-state index contributed by atoms with van der Waals surface area (Å²) in [4.78, 5) is 22.2. The van der Waals surface area contributed by atoms with Gasteiger partial charge in [-0.25, -0.2) is 0 Å². The van der Waals surface area contributed by atoms with Crippen molar-refractivity contribution in [3.05, 3.63) is 35.4 Å². The minimum Gasteiger partial charge on any atom is -0.481 e. The molecular weight excluding hydrogens is 242 g/mol. The van der Waals surface area contributed by atoms with E-state index in [0.717, 1.165) is 24.8 Å². The third-order valence-electron chi connectivity index (χ3n) is 3.54. The van der Waals surface area contributed by atoms with E-state index in [9.17, 15) is 9.59 Å². The monoisotopic (exact) mass is 261 g/mol. The molecule has 0 bridgehead atoms. The highest BCUT2D eigenvalue weighted by Gasteiger charge is 2.31. The second-order valence-corrected chi connectivity index (χ2v) is 4.95. The molecule has 0 aromatic heterocycles. The summed E-state index contributed by atoms with van der Waals surface area (Å²) in [6, 6.07) is 8.03. The van der Waals surface area contributed by atoms with Crippen molar-refractivity contribution in [3.63, 3.8) is 0 Å². The first-order chi connectivity index (χ1) is 9.18. The molecule has 0 aliphatic heterocycles. The lowest BCUT2D eigenvalue weighted by molar-refractivity contribution is -0.137. The number of fused-ring (bicyclic) bond motifs is 1. The smallest absolute Gasteiger partial charge is 0.303 e. The number of carboxylic acids is 1. The van der Waals surface area contributed by atoms with E-state index >= 15 is 0 Å². The standard InChI is InChI=1S/C15H19NO3/c17-14(18)8-2-1-5-9-16-15(19)13-10-11-6-3-4-7-12(11)13/h3-4,6-7,13H,1-2,5,8-10H2,(H,16,19)(H,17,18). The van der Waals surface area contributed by atoms with Gasteiger partial charge < -0.3 is 10.4 Å². The highest BCUT2D eigenvalue weighted by molar-refractivity contribution is 5.86. The molecule has 2 rings (SSSR count). The van der Waals surface area contributed by atoms with Crippen LogP contribution in [0.3, 0.4) is 0 Å². The van der Waals surface area contributed by atoms with Gasteiger partial charge in [-0.15, -0.1) is 0 Å². The number of benzene rings is 1. The second-order valence-electron chi connectivity index (χ2n) is 4.95. The summed E-state index contributed by atoms with van der Waals surface area (Å²) < 4.78 is 0. The summed E-state index contributed by atoms with van der Waals surface area (Å²) in [5.41, 5.74) is 2.41. The lowest BCUT2D eigenvalue weighted by atomic mass is 9.77. The molecule has 0 heterocycles. The van der Waals surface area contributed by atoms with Gasteiger partial charge in [-0.05, 0) is 30.4 Å². The van der Waals surface area contributed by atoms with Crippen LogP contribution in [-0.4, -0.2) is 23.5 Å². The minimum absolute atomic E-state index is 0.00946. The van der Waals surface area contributed by atoms with Crippen molar-refractivity contribution in [2.24, 2.45) is 0 Å². The fourth-order valence-corrected chi connectivity index (χ4v) is 2.41. The largest absolute Gasteiger partial charge is 0.481 e. The van der Waals surface area contributed by atoms with Crippen LogP contribution in [0.5, 0.6) is 0 Å². The van der Waals surface area contributed by atoms with E-state index in [2.05, 4.69) is 11.4 Å². The number of nitrogens with one attached hydrogen (secondary N) is 1. The Labute approximate surface area is 112 Å². The fraction of sp³-hybridized carbons (Fsp3) is 0.467. The van der Waals surface area contributed by atoms with Crippen LogP contribution < -0.4 is 5.32 Å². The van der Waals surface area contributed by atoms with Crippen molar-refractivity contribution in [1.82, 2.24) is 5.32 Å². The number of hydrogen-bond donors (Lipinski definition) is 2. The zero-order chi connectivity index (χ0) is 13.7. The van der Waals surface area contributed by atoms with E-state index in [1.54, 1.807) is 0 Å². The van der Waals surface area contributed by atoms with Gasteiger partial charge in [0.05, 0.1) is 5.92 Å². The van der Waals surface area contributed by atoms with Crippen LogP contribution in [0.4, 0.5) is 0 Å². The van der Waals surface area contributed by atoms with E-state index in [-0.39, 0.29) is 18.2 Å². The lowest BCUT2D eigenvalue weighted by Crippen LogP contribution is -2.35. The van der Waals surface area contributed by atoms with E-state index in [0.29, 0.717) is 13.0 Å². The summed E-state index contributed by atoms with van der Waals surface area (Å²) >= 11 is 0. The van der Waals surface area contributed by atoms with E-state index in [4.69, 9.17) is 5.11 Å². The molecule has 0 fully saturated rings. The Kier molecular flexibility index (Phi) is 4.55. The molecule has 19 heavy (non-hydrogen) atoms. The van der Waals surface area contributed by atoms with Crippen molar-refractivity contribution < 1.29 is 14.7 Å². The number of hydrogen-bond acceptors (Lipinski definition) is 2. The predicted octanol–water partition coefficient (Wildman–Crippen LogP) is 2.09. The Morgan fingerprint density at radius 2 is 2.00 bits per heavy atom. The molecule has 4 nitrogen and oxygen atoms in total.